The number of fused-ring (bicyclic) bond motifs is 1. The number of carbonyl (C=O) groups excluding carboxylic acids is 1. The van der Waals surface area contributed by atoms with Gasteiger partial charge in [-0.3, -0.25) is 4.79 Å². The largest absolute Gasteiger partial charge is 0.332 e. The Balaban J connectivity index is 1.77. The number of hydrogen-bond donors (Lipinski definition) is 0. The molecular weight excluding hydrogens is 324 g/mol. The molecule has 0 spiro atoms. The van der Waals surface area contributed by atoms with Crippen molar-refractivity contribution in [1.29, 1.82) is 0 Å². The third-order valence-electron chi connectivity index (χ3n) is 4.86. The van der Waals surface area contributed by atoms with Gasteiger partial charge in [0.2, 0.25) is 5.91 Å². The van der Waals surface area contributed by atoms with Crippen molar-refractivity contribution >= 4 is 5.91 Å². The minimum atomic E-state index is 0.207. The Labute approximate surface area is 153 Å². The van der Waals surface area contributed by atoms with Gasteiger partial charge in [0.25, 0.3) is 0 Å². The van der Waals surface area contributed by atoms with Crippen LogP contribution in [0.4, 0.5) is 0 Å². The molecular formula is C21H24N4O. The molecule has 5 nitrogen and oxygen atoms in total. The Morgan fingerprint density at radius 3 is 2.54 bits per heavy atom. The summed E-state index contributed by atoms with van der Waals surface area (Å²) in [5.74, 6) is 1.60. The van der Waals surface area contributed by atoms with Gasteiger partial charge in [-0.05, 0) is 36.6 Å². The molecule has 0 bridgehead atoms. The fraction of sp³-hybridized carbons (Fsp3) is 0.333. The topological polar surface area (TPSA) is 43.1 Å². The molecule has 0 saturated carbocycles. The molecule has 0 aliphatic carbocycles. The van der Waals surface area contributed by atoms with Crippen LogP contribution < -0.4 is 0 Å². The molecule has 0 N–H and O–H groups in total. The fourth-order valence-electron chi connectivity index (χ4n) is 3.57. The first-order chi connectivity index (χ1) is 12.5. The third-order valence-corrected chi connectivity index (χ3v) is 4.86. The summed E-state index contributed by atoms with van der Waals surface area (Å²) < 4.78 is 4.11. The van der Waals surface area contributed by atoms with Crippen LogP contribution in [0.3, 0.4) is 0 Å². The van der Waals surface area contributed by atoms with Gasteiger partial charge >= 0.3 is 0 Å². The number of benzene rings is 1. The number of para-hydroxylation sites is 1. The minimum Gasteiger partial charge on any atom is -0.332 e. The summed E-state index contributed by atoms with van der Waals surface area (Å²) in [6.07, 6.45) is 4.65. The summed E-state index contributed by atoms with van der Waals surface area (Å²) in [6, 6.07) is 12.3. The number of aromatic nitrogens is 3. The zero-order valence-electron chi connectivity index (χ0n) is 15.5. The Kier molecular flexibility index (Phi) is 4.15. The van der Waals surface area contributed by atoms with Crippen LogP contribution in [0.1, 0.15) is 37.1 Å². The van der Waals surface area contributed by atoms with E-state index in [1.165, 1.54) is 5.56 Å². The van der Waals surface area contributed by atoms with Crippen molar-refractivity contribution in [1.82, 2.24) is 19.2 Å². The predicted molar refractivity (Wildman–Crippen MR) is 101 cm³/mol. The maximum atomic E-state index is 12.5. The number of hydrogen-bond acceptors (Lipinski definition) is 2. The van der Waals surface area contributed by atoms with Gasteiger partial charge in [-0.2, -0.15) is 5.10 Å². The van der Waals surface area contributed by atoms with Gasteiger partial charge in [-0.25, -0.2) is 4.68 Å². The lowest BCUT2D eigenvalue weighted by atomic mass is 10.1. The van der Waals surface area contributed by atoms with Crippen molar-refractivity contribution in [3.05, 3.63) is 65.6 Å². The van der Waals surface area contributed by atoms with Gasteiger partial charge in [-0.1, -0.05) is 32.0 Å². The first-order valence-corrected chi connectivity index (χ1v) is 9.12. The minimum absolute atomic E-state index is 0.207. The van der Waals surface area contributed by atoms with E-state index in [2.05, 4.69) is 37.5 Å². The van der Waals surface area contributed by atoms with Gasteiger partial charge < -0.3 is 9.47 Å². The zero-order chi connectivity index (χ0) is 18.3. The molecule has 1 aliphatic rings. The fourth-order valence-corrected chi connectivity index (χ4v) is 3.57. The van der Waals surface area contributed by atoms with Crippen LogP contribution in [0, 0.1) is 12.8 Å². The van der Waals surface area contributed by atoms with E-state index < -0.39 is 0 Å². The third kappa shape index (κ3) is 2.83. The molecule has 1 aliphatic heterocycles. The van der Waals surface area contributed by atoms with Crippen molar-refractivity contribution in [2.75, 3.05) is 0 Å². The average Bonchev–Trinajstić information content (AvgIpc) is 3.29. The molecule has 1 aromatic carbocycles. The molecule has 0 saturated heterocycles. The lowest BCUT2D eigenvalue weighted by molar-refractivity contribution is -0.132. The number of carbonyl (C=O) groups is 1. The highest BCUT2D eigenvalue weighted by Gasteiger charge is 2.31. The van der Waals surface area contributed by atoms with Gasteiger partial charge in [0.15, 0.2) is 0 Å². The van der Waals surface area contributed by atoms with E-state index in [1.54, 1.807) is 0 Å². The zero-order valence-corrected chi connectivity index (χ0v) is 15.5. The van der Waals surface area contributed by atoms with Crippen LogP contribution in [0.2, 0.25) is 0 Å². The quantitative estimate of drug-likeness (QED) is 0.718. The monoisotopic (exact) mass is 348 g/mol. The van der Waals surface area contributed by atoms with Crippen LogP contribution in [0.15, 0.2) is 48.8 Å². The normalized spacial score (nSPS) is 13.5. The average molecular weight is 348 g/mol. The molecule has 0 unspecified atom stereocenters. The van der Waals surface area contributed by atoms with Crippen molar-refractivity contribution in [3.8, 4) is 11.5 Å². The van der Waals surface area contributed by atoms with Crippen molar-refractivity contribution in [2.24, 2.45) is 5.92 Å². The van der Waals surface area contributed by atoms with Crippen LogP contribution in [0.5, 0.6) is 0 Å². The summed E-state index contributed by atoms with van der Waals surface area (Å²) in [6.45, 7) is 7.47. The second-order valence-corrected chi connectivity index (χ2v) is 7.39. The van der Waals surface area contributed by atoms with Gasteiger partial charge in [-0.15, -0.1) is 0 Å². The number of nitrogens with zero attached hydrogens (tertiary/aromatic N) is 4. The predicted octanol–water partition coefficient (Wildman–Crippen LogP) is 3.86. The number of rotatable bonds is 4. The lowest BCUT2D eigenvalue weighted by Gasteiger charge is -2.19. The first-order valence-electron chi connectivity index (χ1n) is 9.12. The number of aryl methyl sites for hydroxylation is 1. The van der Waals surface area contributed by atoms with E-state index in [4.69, 9.17) is 5.10 Å². The lowest BCUT2D eigenvalue weighted by Crippen LogP contribution is -2.27. The second kappa shape index (κ2) is 6.48. The standard InChI is InChI=1S/C21H24N4O/c1-15(2)12-20(26)24-13-17-18(14-24)22-25(19-9-5-4-8-16(19)3)21(17)23-10-6-7-11-23/h4-11,15H,12-14H2,1-3H3. The van der Waals surface area contributed by atoms with E-state index in [9.17, 15) is 4.79 Å². The summed E-state index contributed by atoms with van der Waals surface area (Å²) in [5.41, 5.74) is 4.39. The van der Waals surface area contributed by atoms with Crippen molar-refractivity contribution in [2.45, 2.75) is 40.3 Å². The Morgan fingerprint density at radius 2 is 1.85 bits per heavy atom. The van der Waals surface area contributed by atoms with E-state index in [1.807, 2.05) is 46.2 Å². The van der Waals surface area contributed by atoms with Gasteiger partial charge in [0.05, 0.1) is 24.5 Å². The summed E-state index contributed by atoms with van der Waals surface area (Å²) in [7, 11) is 0. The van der Waals surface area contributed by atoms with Crippen LogP contribution in [-0.4, -0.2) is 25.2 Å². The highest BCUT2D eigenvalue weighted by atomic mass is 16.2. The molecule has 2 aromatic heterocycles. The molecule has 3 heterocycles. The highest BCUT2D eigenvalue weighted by molar-refractivity contribution is 5.77. The smallest absolute Gasteiger partial charge is 0.223 e. The maximum Gasteiger partial charge on any atom is 0.223 e. The van der Waals surface area contributed by atoms with E-state index in [0.29, 0.717) is 25.4 Å². The van der Waals surface area contributed by atoms with Gasteiger partial charge in [0.1, 0.15) is 5.82 Å². The van der Waals surface area contributed by atoms with Crippen LogP contribution in [-0.2, 0) is 17.9 Å². The molecule has 5 heteroatoms. The first kappa shape index (κ1) is 16.6. The van der Waals surface area contributed by atoms with Gasteiger partial charge in [0, 0.05) is 24.4 Å². The van der Waals surface area contributed by atoms with E-state index in [-0.39, 0.29) is 5.91 Å². The Morgan fingerprint density at radius 1 is 1.12 bits per heavy atom. The summed E-state index contributed by atoms with van der Waals surface area (Å²) in [4.78, 5) is 14.4. The molecule has 134 valence electrons. The highest BCUT2D eigenvalue weighted by Crippen LogP contribution is 2.31. The maximum absolute atomic E-state index is 12.5. The molecule has 26 heavy (non-hydrogen) atoms. The second-order valence-electron chi connectivity index (χ2n) is 7.39. The molecule has 1 amide bonds. The number of amides is 1. The van der Waals surface area contributed by atoms with Crippen molar-refractivity contribution < 1.29 is 4.79 Å². The van der Waals surface area contributed by atoms with Crippen LogP contribution in [0.25, 0.3) is 11.5 Å². The Bertz CT molecular complexity index is 937. The molecule has 3 aromatic rings. The van der Waals surface area contributed by atoms with Crippen molar-refractivity contribution in [3.63, 3.8) is 0 Å². The summed E-state index contributed by atoms with van der Waals surface area (Å²) in [5, 5.41) is 4.89. The Hall–Kier alpha value is -2.82. The van der Waals surface area contributed by atoms with E-state index in [0.717, 1.165) is 22.8 Å². The van der Waals surface area contributed by atoms with E-state index >= 15 is 0 Å². The summed E-state index contributed by atoms with van der Waals surface area (Å²) >= 11 is 0. The molecule has 0 radical (unpaired) electrons. The van der Waals surface area contributed by atoms with Crippen LogP contribution >= 0.6 is 0 Å². The molecule has 0 fully saturated rings. The SMILES string of the molecule is Cc1ccccc1-n1nc2c(c1-n1cccc1)CN(C(=O)CC(C)C)C2. The molecule has 0 atom stereocenters. The molecule has 4 rings (SSSR count).